The van der Waals surface area contributed by atoms with Crippen LogP contribution >= 0.6 is 15.9 Å². The van der Waals surface area contributed by atoms with Crippen molar-refractivity contribution in [2.24, 2.45) is 5.92 Å². The highest BCUT2D eigenvalue weighted by atomic mass is 79.9. The Morgan fingerprint density at radius 1 is 1.50 bits per heavy atom. The van der Waals surface area contributed by atoms with E-state index in [4.69, 9.17) is 4.74 Å². The number of carbonyl (C=O) groups excluding carboxylic acids is 1. The molecule has 0 radical (unpaired) electrons. The van der Waals surface area contributed by atoms with Gasteiger partial charge in [-0.2, -0.15) is 0 Å². The first-order valence-electron chi connectivity index (χ1n) is 6.25. The zero-order valence-electron chi connectivity index (χ0n) is 10.4. The molecule has 3 nitrogen and oxygen atoms in total. The van der Waals surface area contributed by atoms with Crippen molar-refractivity contribution in [1.29, 1.82) is 0 Å². The quantitative estimate of drug-likeness (QED) is 0.868. The van der Waals surface area contributed by atoms with E-state index in [0.717, 1.165) is 6.42 Å². The largest absolute Gasteiger partial charge is 0.378 e. The van der Waals surface area contributed by atoms with Crippen LogP contribution in [0.25, 0.3) is 0 Å². The number of nitrogens with one attached hydrogen (secondary N) is 1. The number of ether oxygens (including phenoxy) is 1. The molecule has 1 aromatic rings. The third-order valence-corrected chi connectivity index (χ3v) is 4.04. The second-order valence-electron chi connectivity index (χ2n) is 4.70. The molecule has 3 atom stereocenters. The molecule has 18 heavy (non-hydrogen) atoms. The molecule has 1 aromatic carbocycles. The summed E-state index contributed by atoms with van der Waals surface area (Å²) in [6, 6.07) is 10.1. The summed E-state index contributed by atoms with van der Waals surface area (Å²) in [7, 11) is 0. The van der Waals surface area contributed by atoms with Gasteiger partial charge in [0.1, 0.15) is 0 Å². The molecular weight excluding hydrogens is 294 g/mol. The molecule has 1 aliphatic heterocycles. The van der Waals surface area contributed by atoms with Gasteiger partial charge in [0.2, 0.25) is 5.91 Å². The fourth-order valence-corrected chi connectivity index (χ4v) is 2.58. The van der Waals surface area contributed by atoms with Crippen molar-refractivity contribution >= 4 is 21.8 Å². The van der Waals surface area contributed by atoms with E-state index in [1.54, 1.807) is 0 Å². The Bertz CT molecular complexity index is 396. The van der Waals surface area contributed by atoms with Crippen molar-refractivity contribution in [2.45, 2.75) is 24.3 Å². The van der Waals surface area contributed by atoms with E-state index in [1.807, 2.05) is 37.3 Å². The smallest absolute Gasteiger partial charge is 0.225 e. The predicted molar refractivity (Wildman–Crippen MR) is 74.6 cm³/mol. The summed E-state index contributed by atoms with van der Waals surface area (Å²) < 4.78 is 5.41. The minimum absolute atomic E-state index is 0.00970. The molecule has 1 heterocycles. The highest BCUT2D eigenvalue weighted by Crippen LogP contribution is 2.22. The monoisotopic (exact) mass is 311 g/mol. The average molecular weight is 312 g/mol. The SMILES string of the molecule is CC1CC(C(=O)NCC(Br)c2ccccc2)CO1. The van der Waals surface area contributed by atoms with Crippen LogP contribution in [0.3, 0.4) is 0 Å². The van der Waals surface area contributed by atoms with Crippen LogP contribution in [0.15, 0.2) is 30.3 Å². The van der Waals surface area contributed by atoms with Crippen LogP contribution in [0.4, 0.5) is 0 Å². The van der Waals surface area contributed by atoms with E-state index < -0.39 is 0 Å². The number of alkyl halides is 1. The van der Waals surface area contributed by atoms with Gasteiger partial charge in [-0.05, 0) is 18.9 Å². The first kappa shape index (κ1) is 13.6. The fraction of sp³-hybridized carbons (Fsp3) is 0.500. The molecule has 2 rings (SSSR count). The lowest BCUT2D eigenvalue weighted by molar-refractivity contribution is -0.124. The van der Waals surface area contributed by atoms with Crippen LogP contribution < -0.4 is 5.32 Å². The van der Waals surface area contributed by atoms with Gasteiger partial charge in [-0.15, -0.1) is 0 Å². The molecular formula is C14H18BrNO2. The Morgan fingerprint density at radius 2 is 2.22 bits per heavy atom. The van der Waals surface area contributed by atoms with E-state index in [1.165, 1.54) is 5.56 Å². The van der Waals surface area contributed by atoms with Gasteiger partial charge in [-0.25, -0.2) is 0 Å². The highest BCUT2D eigenvalue weighted by molar-refractivity contribution is 9.09. The molecule has 1 aliphatic rings. The number of amides is 1. The molecule has 3 unspecified atom stereocenters. The van der Waals surface area contributed by atoms with Crippen molar-refractivity contribution in [3.63, 3.8) is 0 Å². The average Bonchev–Trinajstić information content (AvgIpc) is 2.83. The summed E-state index contributed by atoms with van der Waals surface area (Å²) in [6.45, 7) is 3.16. The Hall–Kier alpha value is -0.870. The topological polar surface area (TPSA) is 38.3 Å². The van der Waals surface area contributed by atoms with Crippen LogP contribution in [-0.4, -0.2) is 25.2 Å². The minimum Gasteiger partial charge on any atom is -0.378 e. The number of carbonyl (C=O) groups is 1. The molecule has 1 fully saturated rings. The fourth-order valence-electron chi connectivity index (χ4n) is 2.11. The number of halogens is 1. The van der Waals surface area contributed by atoms with Gasteiger partial charge in [-0.3, -0.25) is 4.79 Å². The summed E-state index contributed by atoms with van der Waals surface area (Å²) in [5, 5.41) is 2.98. The molecule has 4 heteroatoms. The maximum Gasteiger partial charge on any atom is 0.225 e. The lowest BCUT2D eigenvalue weighted by Gasteiger charge is -2.13. The molecule has 0 saturated carbocycles. The Labute approximate surface area is 116 Å². The summed E-state index contributed by atoms with van der Waals surface area (Å²) in [4.78, 5) is 12.1. The van der Waals surface area contributed by atoms with Crippen molar-refractivity contribution in [3.05, 3.63) is 35.9 Å². The van der Waals surface area contributed by atoms with E-state index in [-0.39, 0.29) is 22.8 Å². The van der Waals surface area contributed by atoms with Crippen molar-refractivity contribution in [3.8, 4) is 0 Å². The van der Waals surface area contributed by atoms with Crippen molar-refractivity contribution in [1.82, 2.24) is 5.32 Å². The lowest BCUT2D eigenvalue weighted by atomic mass is 10.1. The Kier molecular flexibility index (Phi) is 4.78. The summed E-state index contributed by atoms with van der Waals surface area (Å²) in [6.07, 6.45) is 1.03. The van der Waals surface area contributed by atoms with Gasteiger partial charge in [0, 0.05) is 6.54 Å². The summed E-state index contributed by atoms with van der Waals surface area (Å²) in [5.74, 6) is 0.107. The molecule has 1 saturated heterocycles. The number of hydrogen-bond donors (Lipinski definition) is 1. The van der Waals surface area contributed by atoms with Gasteiger partial charge >= 0.3 is 0 Å². The van der Waals surface area contributed by atoms with Crippen molar-refractivity contribution < 1.29 is 9.53 Å². The van der Waals surface area contributed by atoms with E-state index in [0.29, 0.717) is 13.2 Å². The van der Waals surface area contributed by atoms with Gasteiger partial charge < -0.3 is 10.1 Å². The number of hydrogen-bond acceptors (Lipinski definition) is 2. The Balaban J connectivity index is 1.79. The minimum atomic E-state index is 0.00970. The zero-order valence-corrected chi connectivity index (χ0v) is 12.0. The summed E-state index contributed by atoms with van der Waals surface area (Å²) in [5.41, 5.74) is 1.17. The maximum absolute atomic E-state index is 11.9. The molecule has 1 amide bonds. The molecule has 98 valence electrons. The maximum atomic E-state index is 11.9. The third kappa shape index (κ3) is 3.56. The second-order valence-corrected chi connectivity index (χ2v) is 5.81. The standard InChI is InChI=1S/C14H18BrNO2/c1-10-7-12(9-18-10)14(17)16-8-13(15)11-5-3-2-4-6-11/h2-6,10,12-13H,7-9H2,1H3,(H,16,17). The van der Waals surface area contributed by atoms with Crippen molar-refractivity contribution in [2.75, 3.05) is 13.2 Å². The van der Waals surface area contributed by atoms with Crippen LogP contribution in [0.5, 0.6) is 0 Å². The zero-order chi connectivity index (χ0) is 13.0. The Morgan fingerprint density at radius 3 is 2.83 bits per heavy atom. The highest BCUT2D eigenvalue weighted by Gasteiger charge is 2.28. The lowest BCUT2D eigenvalue weighted by Crippen LogP contribution is -2.33. The number of benzene rings is 1. The molecule has 0 bridgehead atoms. The third-order valence-electron chi connectivity index (χ3n) is 3.19. The van der Waals surface area contributed by atoms with Crippen LogP contribution in [-0.2, 0) is 9.53 Å². The van der Waals surface area contributed by atoms with Gasteiger partial charge in [0.05, 0.1) is 23.5 Å². The first-order valence-corrected chi connectivity index (χ1v) is 7.16. The van der Waals surface area contributed by atoms with Crippen LogP contribution in [0.1, 0.15) is 23.7 Å². The van der Waals surface area contributed by atoms with E-state index >= 15 is 0 Å². The second kappa shape index (κ2) is 6.34. The van der Waals surface area contributed by atoms with Gasteiger partial charge in [-0.1, -0.05) is 46.3 Å². The van der Waals surface area contributed by atoms with Crippen LogP contribution in [0, 0.1) is 5.92 Å². The predicted octanol–water partition coefficient (Wildman–Crippen LogP) is 2.66. The molecule has 1 N–H and O–H groups in total. The van der Waals surface area contributed by atoms with Crippen LogP contribution in [0.2, 0.25) is 0 Å². The summed E-state index contributed by atoms with van der Waals surface area (Å²) >= 11 is 3.59. The number of rotatable bonds is 4. The molecule has 0 spiro atoms. The van der Waals surface area contributed by atoms with E-state index in [9.17, 15) is 4.79 Å². The van der Waals surface area contributed by atoms with E-state index in [2.05, 4.69) is 21.2 Å². The van der Waals surface area contributed by atoms with Gasteiger partial charge in [0.15, 0.2) is 0 Å². The normalized spacial score (nSPS) is 24.8. The van der Waals surface area contributed by atoms with Gasteiger partial charge in [0.25, 0.3) is 0 Å². The molecule has 0 aromatic heterocycles. The molecule has 0 aliphatic carbocycles. The first-order chi connectivity index (χ1) is 8.66.